The van der Waals surface area contributed by atoms with Gasteiger partial charge >= 0.3 is 0 Å². The lowest BCUT2D eigenvalue weighted by Crippen LogP contribution is -2.48. The molecule has 0 spiro atoms. The van der Waals surface area contributed by atoms with E-state index < -0.39 is 5.60 Å². The highest BCUT2D eigenvalue weighted by molar-refractivity contribution is 5.96. The molecule has 110 valence electrons. The largest absolute Gasteiger partial charge is 0.389 e. The molecule has 20 heavy (non-hydrogen) atoms. The number of carbonyl (C=O) groups is 1. The van der Waals surface area contributed by atoms with Gasteiger partial charge in [0.25, 0.3) is 0 Å². The summed E-state index contributed by atoms with van der Waals surface area (Å²) in [6, 6.07) is 7.66. The second-order valence-corrected chi connectivity index (χ2v) is 5.55. The molecule has 0 fully saturated rings. The average Bonchev–Trinajstić information content (AvgIpc) is 2.63. The van der Waals surface area contributed by atoms with Crippen LogP contribution in [0, 0.1) is 0 Å². The second kappa shape index (κ2) is 6.37. The lowest BCUT2D eigenvalue weighted by Gasteiger charge is -2.27. The van der Waals surface area contributed by atoms with E-state index in [2.05, 4.69) is 10.6 Å². The molecule has 1 amide bonds. The van der Waals surface area contributed by atoms with Crippen molar-refractivity contribution in [2.45, 2.75) is 51.2 Å². The number of anilines is 1. The molecular weight excluding hydrogens is 252 g/mol. The highest BCUT2D eigenvalue weighted by Crippen LogP contribution is 2.22. The van der Waals surface area contributed by atoms with Crippen molar-refractivity contribution >= 4 is 11.6 Å². The third-order valence-corrected chi connectivity index (χ3v) is 4.29. The van der Waals surface area contributed by atoms with Gasteiger partial charge in [-0.05, 0) is 37.3 Å². The van der Waals surface area contributed by atoms with Gasteiger partial charge in [0.2, 0.25) is 5.91 Å². The van der Waals surface area contributed by atoms with E-state index in [-0.39, 0.29) is 11.9 Å². The van der Waals surface area contributed by atoms with Crippen LogP contribution >= 0.6 is 0 Å². The zero-order valence-electron chi connectivity index (χ0n) is 12.3. The number of benzene rings is 1. The molecule has 2 rings (SSSR count). The van der Waals surface area contributed by atoms with Gasteiger partial charge in [0.1, 0.15) is 0 Å². The summed E-state index contributed by atoms with van der Waals surface area (Å²) in [7, 11) is 0. The van der Waals surface area contributed by atoms with Gasteiger partial charge in [-0.1, -0.05) is 32.0 Å². The maximum atomic E-state index is 12.2. The number of rotatable bonds is 5. The third-order valence-electron chi connectivity index (χ3n) is 4.29. The molecule has 0 bridgehead atoms. The molecule has 4 nitrogen and oxygen atoms in total. The van der Waals surface area contributed by atoms with E-state index in [1.807, 2.05) is 38.1 Å². The molecule has 0 radical (unpaired) electrons. The number of fused-ring (bicyclic) bond motifs is 1. The number of aliphatic hydroxyl groups is 1. The molecule has 1 unspecified atom stereocenters. The minimum atomic E-state index is -0.723. The standard InChI is InChI=1S/C16H24N2O2/c1-3-16(20,4-2)11-17-14-10-9-12-7-5-6-8-13(12)18-15(14)19/h5-8,14,17,20H,3-4,9-11H2,1-2H3,(H,18,19). The van der Waals surface area contributed by atoms with E-state index >= 15 is 0 Å². The number of hydrogen-bond acceptors (Lipinski definition) is 3. The van der Waals surface area contributed by atoms with Gasteiger partial charge in [-0.2, -0.15) is 0 Å². The molecule has 3 N–H and O–H groups in total. The van der Waals surface area contributed by atoms with Crippen LogP contribution < -0.4 is 10.6 Å². The Hall–Kier alpha value is -1.39. The quantitative estimate of drug-likeness (QED) is 0.771. The van der Waals surface area contributed by atoms with Crippen molar-refractivity contribution in [3.8, 4) is 0 Å². The van der Waals surface area contributed by atoms with Crippen molar-refractivity contribution in [1.82, 2.24) is 5.32 Å². The first-order valence-electron chi connectivity index (χ1n) is 7.42. The summed E-state index contributed by atoms with van der Waals surface area (Å²) in [5, 5.41) is 16.5. The summed E-state index contributed by atoms with van der Waals surface area (Å²) in [6.07, 6.45) is 2.99. The summed E-state index contributed by atoms with van der Waals surface area (Å²) in [5.41, 5.74) is 1.36. The molecule has 0 aromatic heterocycles. The maximum absolute atomic E-state index is 12.2. The van der Waals surface area contributed by atoms with Crippen molar-refractivity contribution in [2.75, 3.05) is 11.9 Å². The summed E-state index contributed by atoms with van der Waals surface area (Å²) in [5.74, 6) is -0.00972. The fraction of sp³-hybridized carbons (Fsp3) is 0.562. The fourth-order valence-electron chi connectivity index (χ4n) is 2.52. The Morgan fingerprint density at radius 2 is 2.05 bits per heavy atom. The fourth-order valence-corrected chi connectivity index (χ4v) is 2.52. The van der Waals surface area contributed by atoms with Crippen LogP contribution in [0.4, 0.5) is 5.69 Å². The molecule has 1 aliphatic heterocycles. The molecule has 1 aromatic carbocycles. The number of hydrogen-bond donors (Lipinski definition) is 3. The van der Waals surface area contributed by atoms with Crippen molar-refractivity contribution in [1.29, 1.82) is 0 Å². The Kier molecular flexibility index (Phi) is 4.78. The maximum Gasteiger partial charge on any atom is 0.241 e. The first-order chi connectivity index (χ1) is 9.58. The summed E-state index contributed by atoms with van der Waals surface area (Å²) in [6.45, 7) is 4.39. The lowest BCUT2D eigenvalue weighted by molar-refractivity contribution is -0.118. The Labute approximate surface area is 120 Å². The zero-order valence-corrected chi connectivity index (χ0v) is 12.3. The summed E-state index contributed by atoms with van der Waals surface area (Å²) in [4.78, 5) is 12.2. The number of amides is 1. The zero-order chi connectivity index (χ0) is 14.6. The molecule has 4 heteroatoms. The van der Waals surface area contributed by atoms with Gasteiger partial charge in [-0.25, -0.2) is 0 Å². The Balaban J connectivity index is 2.00. The third kappa shape index (κ3) is 3.38. The summed E-state index contributed by atoms with van der Waals surface area (Å²) < 4.78 is 0. The van der Waals surface area contributed by atoms with Crippen LogP contribution in [-0.2, 0) is 11.2 Å². The molecule has 1 aromatic rings. The molecule has 1 heterocycles. The van der Waals surface area contributed by atoms with Crippen molar-refractivity contribution in [3.05, 3.63) is 29.8 Å². The van der Waals surface area contributed by atoms with E-state index in [9.17, 15) is 9.90 Å². The molecule has 0 aliphatic carbocycles. The molecule has 1 atom stereocenters. The van der Waals surface area contributed by atoms with Crippen molar-refractivity contribution in [2.24, 2.45) is 0 Å². The highest BCUT2D eigenvalue weighted by Gasteiger charge is 2.27. The predicted octanol–water partition coefficient (Wildman–Crippen LogP) is 2.08. The van der Waals surface area contributed by atoms with Crippen LogP contribution in [0.15, 0.2) is 24.3 Å². The minimum absolute atomic E-state index is 0.00972. The van der Waals surface area contributed by atoms with Crippen LogP contribution in [0.3, 0.4) is 0 Å². The monoisotopic (exact) mass is 276 g/mol. The second-order valence-electron chi connectivity index (χ2n) is 5.55. The lowest BCUT2D eigenvalue weighted by atomic mass is 9.96. The SMILES string of the molecule is CCC(O)(CC)CNC1CCc2ccccc2NC1=O. The van der Waals surface area contributed by atoms with Crippen LogP contribution in [0.1, 0.15) is 38.7 Å². The highest BCUT2D eigenvalue weighted by atomic mass is 16.3. The summed E-state index contributed by atoms with van der Waals surface area (Å²) >= 11 is 0. The van der Waals surface area contributed by atoms with Crippen LogP contribution in [-0.4, -0.2) is 29.2 Å². The minimum Gasteiger partial charge on any atom is -0.389 e. The number of nitrogens with one attached hydrogen (secondary N) is 2. The first kappa shape index (κ1) is 15.0. The van der Waals surface area contributed by atoms with Crippen LogP contribution in [0.5, 0.6) is 0 Å². The van der Waals surface area contributed by atoms with Gasteiger partial charge in [0, 0.05) is 12.2 Å². The number of carbonyl (C=O) groups excluding carboxylic acids is 1. The first-order valence-corrected chi connectivity index (χ1v) is 7.42. The number of aryl methyl sites for hydroxylation is 1. The normalized spacial score (nSPS) is 19.1. The van der Waals surface area contributed by atoms with Crippen molar-refractivity contribution in [3.63, 3.8) is 0 Å². The van der Waals surface area contributed by atoms with E-state index in [0.717, 1.165) is 18.5 Å². The number of para-hydroxylation sites is 1. The topological polar surface area (TPSA) is 61.4 Å². The van der Waals surface area contributed by atoms with Gasteiger partial charge in [0.15, 0.2) is 0 Å². The van der Waals surface area contributed by atoms with E-state index in [1.54, 1.807) is 0 Å². The van der Waals surface area contributed by atoms with Gasteiger partial charge < -0.3 is 15.7 Å². The van der Waals surface area contributed by atoms with Crippen molar-refractivity contribution < 1.29 is 9.90 Å². The Morgan fingerprint density at radius 3 is 2.75 bits per heavy atom. The average molecular weight is 276 g/mol. The molecule has 1 aliphatic rings. The molecule has 0 saturated carbocycles. The van der Waals surface area contributed by atoms with Gasteiger partial charge in [-0.15, -0.1) is 0 Å². The van der Waals surface area contributed by atoms with E-state index in [4.69, 9.17) is 0 Å². The van der Waals surface area contributed by atoms with Gasteiger partial charge in [0.05, 0.1) is 11.6 Å². The van der Waals surface area contributed by atoms with E-state index in [1.165, 1.54) is 5.56 Å². The van der Waals surface area contributed by atoms with Crippen LogP contribution in [0.2, 0.25) is 0 Å². The smallest absolute Gasteiger partial charge is 0.241 e. The van der Waals surface area contributed by atoms with Crippen LogP contribution in [0.25, 0.3) is 0 Å². The molecule has 0 saturated heterocycles. The Morgan fingerprint density at radius 1 is 1.35 bits per heavy atom. The Bertz CT molecular complexity index is 469. The predicted molar refractivity (Wildman–Crippen MR) is 80.7 cm³/mol. The molecular formula is C16H24N2O2. The van der Waals surface area contributed by atoms with Gasteiger partial charge in [-0.3, -0.25) is 4.79 Å². The van der Waals surface area contributed by atoms with E-state index in [0.29, 0.717) is 19.4 Å².